The summed E-state index contributed by atoms with van der Waals surface area (Å²) in [6.45, 7) is 1.85. The summed E-state index contributed by atoms with van der Waals surface area (Å²) in [4.78, 5) is 12.6. The monoisotopic (exact) mass is 351 g/mol. The number of nitrogens with one attached hydrogen (secondary N) is 1. The molecule has 1 aliphatic heterocycles. The molecule has 0 aromatic carbocycles. The third-order valence-corrected chi connectivity index (χ3v) is 4.12. The van der Waals surface area contributed by atoms with Gasteiger partial charge in [-0.1, -0.05) is 11.6 Å². The zero-order valence-corrected chi connectivity index (χ0v) is 13.6. The van der Waals surface area contributed by atoms with Gasteiger partial charge in [0.05, 0.1) is 19.5 Å². The number of anilines is 1. The molecule has 1 fully saturated rings. The van der Waals surface area contributed by atoms with Crippen LogP contribution < -0.4 is 5.32 Å². The van der Waals surface area contributed by atoms with Crippen LogP contribution in [0.4, 0.5) is 5.82 Å². The third-order valence-electron chi connectivity index (χ3n) is 4.12. The van der Waals surface area contributed by atoms with E-state index in [4.69, 9.17) is 9.84 Å². The van der Waals surface area contributed by atoms with Gasteiger partial charge < -0.3 is 30.5 Å². The first kappa shape index (κ1) is 17.7. The molecule has 3 rings (SSSR count). The van der Waals surface area contributed by atoms with E-state index in [0.717, 1.165) is 5.57 Å². The van der Waals surface area contributed by atoms with E-state index in [2.05, 4.69) is 20.3 Å². The molecule has 4 atom stereocenters. The first-order chi connectivity index (χ1) is 12.1. The predicted octanol–water partition coefficient (Wildman–Crippen LogP) is -1.21. The van der Waals surface area contributed by atoms with Crippen LogP contribution in [0.1, 0.15) is 13.2 Å². The lowest BCUT2D eigenvalue weighted by atomic mass is 10.1. The molecule has 0 unspecified atom stereocenters. The number of fused-ring (bicyclic) bond motifs is 1. The van der Waals surface area contributed by atoms with Crippen molar-refractivity contribution in [3.8, 4) is 0 Å². The lowest BCUT2D eigenvalue weighted by Gasteiger charge is -2.16. The third kappa shape index (κ3) is 3.34. The SMILES string of the molecule is C/C(=C\CNc1ncnc2c1ncn2[C@H]1O[C@H](CO)[C@@H](O)[C@@H]1O)CO. The number of hydrogen-bond donors (Lipinski definition) is 5. The first-order valence-corrected chi connectivity index (χ1v) is 7.87. The Hall–Kier alpha value is -2.11. The van der Waals surface area contributed by atoms with Crippen LogP contribution in [0.25, 0.3) is 11.2 Å². The lowest BCUT2D eigenvalue weighted by Crippen LogP contribution is -2.33. The van der Waals surface area contributed by atoms with Crippen molar-refractivity contribution < 1.29 is 25.2 Å². The highest BCUT2D eigenvalue weighted by atomic mass is 16.6. The lowest BCUT2D eigenvalue weighted by molar-refractivity contribution is -0.0511. The summed E-state index contributed by atoms with van der Waals surface area (Å²) in [5.74, 6) is 0.498. The Morgan fingerprint density at radius 3 is 2.76 bits per heavy atom. The molecular weight excluding hydrogens is 330 g/mol. The van der Waals surface area contributed by atoms with Crippen LogP contribution in [0.2, 0.25) is 0 Å². The molecule has 0 saturated carbocycles. The van der Waals surface area contributed by atoms with Gasteiger partial charge in [0.2, 0.25) is 0 Å². The summed E-state index contributed by atoms with van der Waals surface area (Å²) in [7, 11) is 0. The molecule has 2 aromatic rings. The molecule has 25 heavy (non-hydrogen) atoms. The Kier molecular flexibility index (Phi) is 5.25. The van der Waals surface area contributed by atoms with E-state index in [0.29, 0.717) is 23.5 Å². The molecular formula is C15H21N5O5. The largest absolute Gasteiger partial charge is 0.394 e. The van der Waals surface area contributed by atoms with Crippen LogP contribution in [0.3, 0.4) is 0 Å². The summed E-state index contributed by atoms with van der Waals surface area (Å²) in [6, 6.07) is 0. The maximum atomic E-state index is 10.2. The van der Waals surface area contributed by atoms with Crippen LogP contribution in [0.5, 0.6) is 0 Å². The van der Waals surface area contributed by atoms with Gasteiger partial charge in [-0.25, -0.2) is 15.0 Å². The Bertz CT molecular complexity index is 764. The number of aliphatic hydroxyl groups excluding tert-OH is 4. The Labute approximate surface area is 143 Å². The van der Waals surface area contributed by atoms with Crippen LogP contribution in [-0.4, -0.2) is 78.0 Å². The van der Waals surface area contributed by atoms with Crippen molar-refractivity contribution in [1.29, 1.82) is 0 Å². The second kappa shape index (κ2) is 7.42. The van der Waals surface area contributed by atoms with Crippen molar-refractivity contribution in [2.24, 2.45) is 0 Å². The smallest absolute Gasteiger partial charge is 0.167 e. The van der Waals surface area contributed by atoms with Gasteiger partial charge in [0.15, 0.2) is 23.2 Å². The first-order valence-electron chi connectivity index (χ1n) is 7.87. The van der Waals surface area contributed by atoms with Crippen molar-refractivity contribution in [2.75, 3.05) is 25.1 Å². The second-order valence-electron chi connectivity index (χ2n) is 5.86. The topological polar surface area (TPSA) is 146 Å². The zero-order chi connectivity index (χ0) is 18.0. The standard InChI is InChI=1S/C15H21N5O5/c1-8(4-21)2-3-16-13-10-14(18-6-17-13)20(7-19-10)15-12(24)11(23)9(5-22)25-15/h2,6-7,9,11-12,15,21-24H,3-5H2,1H3,(H,16,17,18)/b8-2+/t9-,11-,12+,15+/m1/s1. The minimum atomic E-state index is -1.21. The van der Waals surface area contributed by atoms with E-state index in [1.165, 1.54) is 17.2 Å². The minimum Gasteiger partial charge on any atom is -0.394 e. The van der Waals surface area contributed by atoms with E-state index in [-0.39, 0.29) is 6.61 Å². The van der Waals surface area contributed by atoms with E-state index in [1.54, 1.807) is 0 Å². The van der Waals surface area contributed by atoms with E-state index >= 15 is 0 Å². The van der Waals surface area contributed by atoms with Gasteiger partial charge in [-0.2, -0.15) is 0 Å². The van der Waals surface area contributed by atoms with Gasteiger partial charge >= 0.3 is 0 Å². The molecule has 0 amide bonds. The normalized spacial score (nSPS) is 27.2. The van der Waals surface area contributed by atoms with Gasteiger partial charge in [-0.3, -0.25) is 4.57 Å². The molecule has 10 heteroatoms. The van der Waals surface area contributed by atoms with Crippen molar-refractivity contribution in [3.63, 3.8) is 0 Å². The summed E-state index contributed by atoms with van der Waals surface area (Å²) in [5, 5.41) is 41.4. The Balaban J connectivity index is 1.86. The van der Waals surface area contributed by atoms with Crippen molar-refractivity contribution in [1.82, 2.24) is 19.5 Å². The highest BCUT2D eigenvalue weighted by molar-refractivity contribution is 5.82. The van der Waals surface area contributed by atoms with E-state index in [1.807, 2.05) is 13.0 Å². The van der Waals surface area contributed by atoms with Gasteiger partial charge in [-0.15, -0.1) is 0 Å². The number of aliphatic hydroxyl groups is 4. The van der Waals surface area contributed by atoms with Crippen molar-refractivity contribution in [2.45, 2.75) is 31.5 Å². The van der Waals surface area contributed by atoms with Crippen LogP contribution in [0.15, 0.2) is 24.3 Å². The highest BCUT2D eigenvalue weighted by Crippen LogP contribution is 2.31. The summed E-state index contributed by atoms with van der Waals surface area (Å²) in [6.07, 6.45) is 0.443. The predicted molar refractivity (Wildman–Crippen MR) is 87.7 cm³/mol. The summed E-state index contributed by atoms with van der Waals surface area (Å²) >= 11 is 0. The second-order valence-corrected chi connectivity index (χ2v) is 5.86. The molecule has 2 aromatic heterocycles. The number of imidazole rings is 1. The molecule has 5 N–H and O–H groups in total. The van der Waals surface area contributed by atoms with Crippen molar-refractivity contribution >= 4 is 17.0 Å². The fourth-order valence-corrected chi connectivity index (χ4v) is 2.66. The molecule has 10 nitrogen and oxygen atoms in total. The molecule has 0 aliphatic carbocycles. The number of rotatable bonds is 6. The number of nitrogens with zero attached hydrogens (tertiary/aromatic N) is 4. The fraction of sp³-hybridized carbons (Fsp3) is 0.533. The van der Waals surface area contributed by atoms with Gasteiger partial charge in [0, 0.05) is 6.54 Å². The number of hydrogen-bond acceptors (Lipinski definition) is 9. The number of ether oxygens (including phenoxy) is 1. The molecule has 0 radical (unpaired) electrons. The fourth-order valence-electron chi connectivity index (χ4n) is 2.66. The van der Waals surface area contributed by atoms with Gasteiger partial charge in [0.25, 0.3) is 0 Å². The van der Waals surface area contributed by atoms with Crippen LogP contribution in [-0.2, 0) is 4.74 Å². The van der Waals surface area contributed by atoms with E-state index < -0.39 is 31.1 Å². The number of aromatic nitrogens is 4. The maximum Gasteiger partial charge on any atom is 0.167 e. The molecule has 0 bridgehead atoms. The zero-order valence-electron chi connectivity index (χ0n) is 13.6. The molecule has 0 spiro atoms. The minimum absolute atomic E-state index is 0.0131. The molecule has 1 aliphatic rings. The maximum absolute atomic E-state index is 10.2. The Morgan fingerprint density at radius 2 is 2.08 bits per heavy atom. The van der Waals surface area contributed by atoms with Crippen molar-refractivity contribution in [3.05, 3.63) is 24.3 Å². The molecule has 3 heterocycles. The Morgan fingerprint density at radius 1 is 1.28 bits per heavy atom. The van der Waals surface area contributed by atoms with Crippen LogP contribution in [0, 0.1) is 0 Å². The average Bonchev–Trinajstić information content (AvgIpc) is 3.17. The molecule has 136 valence electrons. The highest BCUT2D eigenvalue weighted by Gasteiger charge is 2.44. The van der Waals surface area contributed by atoms with Crippen LogP contribution >= 0.6 is 0 Å². The van der Waals surface area contributed by atoms with E-state index in [9.17, 15) is 15.3 Å². The molecule has 1 saturated heterocycles. The quantitative estimate of drug-likeness (QED) is 0.404. The summed E-state index contributed by atoms with van der Waals surface area (Å²) in [5.41, 5.74) is 1.74. The van der Waals surface area contributed by atoms with Gasteiger partial charge in [-0.05, 0) is 6.92 Å². The van der Waals surface area contributed by atoms with Gasteiger partial charge in [0.1, 0.15) is 24.6 Å². The average molecular weight is 351 g/mol. The summed E-state index contributed by atoms with van der Waals surface area (Å²) < 4.78 is 7.01.